The summed E-state index contributed by atoms with van der Waals surface area (Å²) in [6.07, 6.45) is 1.25. The van der Waals surface area contributed by atoms with Crippen molar-refractivity contribution in [2.45, 2.75) is 0 Å². The fourth-order valence-electron chi connectivity index (χ4n) is 2.18. The first-order valence-corrected chi connectivity index (χ1v) is 7.79. The van der Waals surface area contributed by atoms with Gasteiger partial charge in [0.15, 0.2) is 11.5 Å². The van der Waals surface area contributed by atoms with Gasteiger partial charge in [0.2, 0.25) is 6.79 Å². The second-order valence-electron chi connectivity index (χ2n) is 5.04. The fraction of sp³-hybridized carbons (Fsp3) is 0.0588. The first-order valence-electron chi connectivity index (χ1n) is 7.03. The third kappa shape index (κ3) is 3.87. The van der Waals surface area contributed by atoms with Crippen LogP contribution in [0.1, 0.15) is 15.9 Å². The number of amides is 1. The zero-order chi connectivity index (χ0) is 18.0. The van der Waals surface area contributed by atoms with Gasteiger partial charge in [0, 0.05) is 5.02 Å². The Kier molecular flexibility index (Phi) is 4.83. The molecule has 1 N–H and O–H groups in total. The highest BCUT2D eigenvalue weighted by Gasteiger charge is 2.15. The van der Waals surface area contributed by atoms with Crippen LogP contribution in [0.3, 0.4) is 0 Å². The maximum absolute atomic E-state index is 12.3. The molecule has 0 fully saturated rings. The molecule has 0 unspecified atom stereocenters. The van der Waals surface area contributed by atoms with Crippen molar-refractivity contribution in [2.24, 2.45) is 0 Å². The molecular weight excluding hydrogens is 369 g/mol. The van der Waals surface area contributed by atoms with Crippen molar-refractivity contribution in [1.29, 1.82) is 0 Å². The number of fused-ring (bicyclic) bond motifs is 1. The highest BCUT2D eigenvalue weighted by Crippen LogP contribution is 2.33. The quantitative estimate of drug-likeness (QED) is 0.824. The number of carboxylic acid groups (broad SMARTS) is 1. The predicted molar refractivity (Wildman–Crippen MR) is 89.5 cm³/mol. The van der Waals surface area contributed by atoms with E-state index in [1.165, 1.54) is 24.3 Å². The number of nitrogens with one attached hydrogen (secondary N) is 1. The highest BCUT2D eigenvalue weighted by molar-refractivity contribution is 6.36. The van der Waals surface area contributed by atoms with Crippen LogP contribution in [0.25, 0.3) is 6.08 Å². The number of benzene rings is 2. The van der Waals surface area contributed by atoms with Gasteiger partial charge in [-0.1, -0.05) is 29.3 Å². The molecule has 3 rings (SSSR count). The molecule has 2 aromatic carbocycles. The molecule has 1 amide bonds. The van der Waals surface area contributed by atoms with Crippen molar-refractivity contribution in [3.8, 4) is 11.5 Å². The van der Waals surface area contributed by atoms with Crippen molar-refractivity contribution < 1.29 is 24.2 Å². The lowest BCUT2D eigenvalue weighted by atomic mass is 10.1. The average Bonchev–Trinajstić information content (AvgIpc) is 3.01. The molecule has 0 radical (unpaired) electrons. The number of halogens is 2. The normalized spacial score (nSPS) is 12.8. The molecular formula is C17H10Cl2NO5-. The van der Waals surface area contributed by atoms with Crippen molar-refractivity contribution >= 4 is 41.2 Å². The first-order chi connectivity index (χ1) is 11.9. The Morgan fingerprint density at radius 3 is 2.56 bits per heavy atom. The van der Waals surface area contributed by atoms with Crippen molar-refractivity contribution in [1.82, 2.24) is 5.32 Å². The van der Waals surface area contributed by atoms with Crippen LogP contribution in [0, 0.1) is 0 Å². The Morgan fingerprint density at radius 1 is 1.08 bits per heavy atom. The van der Waals surface area contributed by atoms with E-state index in [9.17, 15) is 14.7 Å². The topological polar surface area (TPSA) is 87.7 Å². The minimum absolute atomic E-state index is 0.0869. The minimum Gasteiger partial charge on any atom is -0.543 e. The summed E-state index contributed by atoms with van der Waals surface area (Å²) in [5.41, 5.74) is 0.157. The van der Waals surface area contributed by atoms with E-state index < -0.39 is 17.6 Å². The lowest BCUT2D eigenvalue weighted by Gasteiger charge is -2.12. The van der Waals surface area contributed by atoms with E-state index in [4.69, 9.17) is 32.7 Å². The molecule has 0 spiro atoms. The van der Waals surface area contributed by atoms with E-state index in [2.05, 4.69) is 5.32 Å². The van der Waals surface area contributed by atoms with Gasteiger partial charge in [-0.2, -0.15) is 0 Å². The summed E-state index contributed by atoms with van der Waals surface area (Å²) in [6.45, 7) is 0.0989. The smallest absolute Gasteiger partial charge is 0.257 e. The van der Waals surface area contributed by atoms with Gasteiger partial charge < -0.3 is 24.7 Å². The lowest BCUT2D eigenvalue weighted by Crippen LogP contribution is -2.35. The number of carbonyl (C=O) groups is 2. The van der Waals surface area contributed by atoms with E-state index in [-0.39, 0.29) is 17.4 Å². The van der Waals surface area contributed by atoms with Gasteiger partial charge in [0.25, 0.3) is 5.91 Å². The number of carboxylic acids is 1. The summed E-state index contributed by atoms with van der Waals surface area (Å²) < 4.78 is 10.4. The Labute approximate surface area is 152 Å². The summed E-state index contributed by atoms with van der Waals surface area (Å²) in [5.74, 6) is -1.20. The number of hydrogen-bond acceptors (Lipinski definition) is 5. The van der Waals surface area contributed by atoms with Crippen molar-refractivity contribution in [3.63, 3.8) is 0 Å². The van der Waals surface area contributed by atoms with Crippen molar-refractivity contribution in [3.05, 3.63) is 63.3 Å². The van der Waals surface area contributed by atoms with Gasteiger partial charge in [-0.15, -0.1) is 0 Å². The van der Waals surface area contributed by atoms with Crippen LogP contribution in [0.5, 0.6) is 11.5 Å². The summed E-state index contributed by atoms with van der Waals surface area (Å²) in [6, 6.07) is 9.11. The Hall–Kier alpha value is -2.70. The van der Waals surface area contributed by atoms with Crippen LogP contribution in [-0.4, -0.2) is 18.7 Å². The third-order valence-electron chi connectivity index (χ3n) is 3.35. The Balaban J connectivity index is 1.86. The van der Waals surface area contributed by atoms with Gasteiger partial charge in [-0.25, -0.2) is 0 Å². The largest absolute Gasteiger partial charge is 0.543 e. The summed E-state index contributed by atoms with van der Waals surface area (Å²) in [4.78, 5) is 23.6. The monoisotopic (exact) mass is 378 g/mol. The van der Waals surface area contributed by atoms with Crippen LogP contribution in [0.4, 0.5) is 0 Å². The summed E-state index contributed by atoms with van der Waals surface area (Å²) in [7, 11) is 0. The van der Waals surface area contributed by atoms with E-state index in [1.807, 2.05) is 0 Å². The molecule has 0 aromatic heterocycles. The number of aliphatic carboxylic acids is 1. The number of carbonyl (C=O) groups excluding carboxylic acids is 2. The molecule has 6 nitrogen and oxygen atoms in total. The lowest BCUT2D eigenvalue weighted by molar-refractivity contribution is -0.299. The second kappa shape index (κ2) is 7.04. The molecule has 0 saturated heterocycles. The van der Waals surface area contributed by atoms with Crippen LogP contribution < -0.4 is 19.9 Å². The van der Waals surface area contributed by atoms with E-state index in [1.54, 1.807) is 18.2 Å². The molecule has 1 aliphatic heterocycles. The van der Waals surface area contributed by atoms with Crippen LogP contribution in [0.15, 0.2) is 42.1 Å². The number of hydrogen-bond donors (Lipinski definition) is 1. The zero-order valence-corrected chi connectivity index (χ0v) is 14.1. The molecule has 0 aliphatic carbocycles. The molecule has 0 atom stereocenters. The third-order valence-corrected chi connectivity index (χ3v) is 3.90. The van der Waals surface area contributed by atoms with E-state index in [0.29, 0.717) is 22.1 Å². The van der Waals surface area contributed by atoms with Crippen molar-refractivity contribution in [2.75, 3.05) is 6.79 Å². The minimum atomic E-state index is -1.55. The van der Waals surface area contributed by atoms with Crippen LogP contribution in [-0.2, 0) is 4.79 Å². The molecule has 0 saturated carbocycles. The molecule has 0 bridgehead atoms. The highest BCUT2D eigenvalue weighted by atomic mass is 35.5. The number of ether oxygens (including phenoxy) is 2. The number of rotatable bonds is 4. The predicted octanol–water partition coefficient (Wildman–Crippen LogP) is 2.24. The van der Waals surface area contributed by atoms with E-state index >= 15 is 0 Å². The molecule has 1 heterocycles. The maximum Gasteiger partial charge on any atom is 0.257 e. The maximum atomic E-state index is 12.3. The summed E-state index contributed by atoms with van der Waals surface area (Å²) >= 11 is 11.7. The molecule has 1 aliphatic rings. The SMILES string of the molecule is O=C([O-])/C(=C/c1ccc2c(c1)OCO2)NC(=O)c1ccc(Cl)cc1Cl. The van der Waals surface area contributed by atoms with Gasteiger partial charge in [0.1, 0.15) is 0 Å². The Morgan fingerprint density at radius 2 is 1.84 bits per heavy atom. The first kappa shape index (κ1) is 17.1. The zero-order valence-electron chi connectivity index (χ0n) is 12.5. The van der Waals surface area contributed by atoms with Gasteiger partial charge in [-0.3, -0.25) is 4.79 Å². The van der Waals surface area contributed by atoms with Crippen LogP contribution in [0.2, 0.25) is 10.0 Å². The van der Waals surface area contributed by atoms with Gasteiger partial charge in [-0.05, 0) is 42.0 Å². The average molecular weight is 379 g/mol. The Bertz CT molecular complexity index is 895. The molecule has 8 heteroatoms. The summed E-state index contributed by atoms with van der Waals surface area (Å²) in [5, 5.41) is 14.1. The fourth-order valence-corrected chi connectivity index (χ4v) is 2.67. The molecule has 128 valence electrons. The van der Waals surface area contributed by atoms with Gasteiger partial charge in [0.05, 0.1) is 22.3 Å². The standard InChI is InChI=1S/C17H11Cl2NO5/c18-10-2-3-11(12(19)7-10)16(21)20-13(17(22)23)5-9-1-4-14-15(6-9)25-8-24-14/h1-7H,8H2,(H,20,21)(H,22,23)/p-1/b13-5-. The molecule has 2 aromatic rings. The van der Waals surface area contributed by atoms with E-state index in [0.717, 1.165) is 0 Å². The van der Waals surface area contributed by atoms with Crippen LogP contribution >= 0.6 is 23.2 Å². The van der Waals surface area contributed by atoms with Gasteiger partial charge >= 0.3 is 0 Å². The second-order valence-corrected chi connectivity index (χ2v) is 5.88. The molecule has 25 heavy (non-hydrogen) atoms.